The highest BCUT2D eigenvalue weighted by atomic mass is 19.4. The Balaban J connectivity index is 3.12. The molecule has 0 aromatic heterocycles. The van der Waals surface area contributed by atoms with Gasteiger partial charge in [0.25, 0.3) is 0 Å². The molecule has 0 fully saturated rings. The van der Waals surface area contributed by atoms with Crippen LogP contribution in [0.4, 0.5) is 26.3 Å². The standard InChI is InChI=1S/C9H4F6O2/c10-6-4(7(16)8(11)12)2-1-3-5(6)17-9(13,14)15/h1-3,8H. The highest BCUT2D eigenvalue weighted by Crippen LogP contribution is 2.28. The lowest BCUT2D eigenvalue weighted by atomic mass is 10.1. The van der Waals surface area contributed by atoms with Crippen molar-refractivity contribution < 1.29 is 35.9 Å². The average Bonchev–Trinajstić information content (AvgIpc) is 2.18. The summed E-state index contributed by atoms with van der Waals surface area (Å²) < 4.78 is 75.8. The molecule has 0 N–H and O–H groups in total. The van der Waals surface area contributed by atoms with E-state index >= 15 is 0 Å². The first kappa shape index (κ1) is 13.3. The number of halogens is 6. The van der Waals surface area contributed by atoms with Crippen LogP contribution in [0.2, 0.25) is 0 Å². The van der Waals surface area contributed by atoms with Gasteiger partial charge >= 0.3 is 12.8 Å². The number of rotatable bonds is 3. The maximum absolute atomic E-state index is 13.2. The molecule has 17 heavy (non-hydrogen) atoms. The van der Waals surface area contributed by atoms with Crippen LogP contribution in [0.15, 0.2) is 18.2 Å². The summed E-state index contributed by atoms with van der Waals surface area (Å²) in [5, 5.41) is 0. The second-order valence-corrected chi connectivity index (χ2v) is 2.83. The van der Waals surface area contributed by atoms with Crippen molar-refractivity contribution in [2.45, 2.75) is 12.8 Å². The van der Waals surface area contributed by atoms with Gasteiger partial charge in [-0.2, -0.15) is 0 Å². The molecule has 94 valence electrons. The van der Waals surface area contributed by atoms with E-state index in [1.807, 2.05) is 0 Å². The lowest BCUT2D eigenvalue weighted by Crippen LogP contribution is -2.19. The molecule has 0 aliphatic carbocycles. The van der Waals surface area contributed by atoms with E-state index in [0.29, 0.717) is 12.1 Å². The summed E-state index contributed by atoms with van der Waals surface area (Å²) in [7, 11) is 0. The van der Waals surface area contributed by atoms with Crippen LogP contribution >= 0.6 is 0 Å². The first-order valence-corrected chi connectivity index (χ1v) is 4.09. The molecular formula is C9H4F6O2. The predicted molar refractivity (Wildman–Crippen MR) is 43.4 cm³/mol. The van der Waals surface area contributed by atoms with Crippen LogP contribution in [0.5, 0.6) is 5.75 Å². The molecule has 0 aliphatic rings. The van der Waals surface area contributed by atoms with Crippen molar-refractivity contribution in [3.05, 3.63) is 29.6 Å². The maximum atomic E-state index is 13.2. The molecule has 0 radical (unpaired) electrons. The fraction of sp³-hybridized carbons (Fsp3) is 0.222. The second-order valence-electron chi connectivity index (χ2n) is 2.83. The molecule has 0 amide bonds. The monoisotopic (exact) mass is 258 g/mol. The first-order valence-electron chi connectivity index (χ1n) is 4.09. The van der Waals surface area contributed by atoms with E-state index < -0.39 is 35.7 Å². The topological polar surface area (TPSA) is 26.3 Å². The van der Waals surface area contributed by atoms with Crippen molar-refractivity contribution in [3.8, 4) is 5.75 Å². The van der Waals surface area contributed by atoms with Crippen LogP contribution < -0.4 is 4.74 Å². The lowest BCUT2D eigenvalue weighted by Gasteiger charge is -2.11. The van der Waals surface area contributed by atoms with E-state index in [1.54, 1.807) is 0 Å². The van der Waals surface area contributed by atoms with Gasteiger partial charge in [-0.25, -0.2) is 13.2 Å². The summed E-state index contributed by atoms with van der Waals surface area (Å²) in [5.74, 6) is -5.01. The van der Waals surface area contributed by atoms with Gasteiger partial charge < -0.3 is 4.74 Å². The number of benzene rings is 1. The third-order valence-electron chi connectivity index (χ3n) is 1.65. The van der Waals surface area contributed by atoms with Crippen LogP contribution in [0.25, 0.3) is 0 Å². The van der Waals surface area contributed by atoms with E-state index in [1.165, 1.54) is 0 Å². The van der Waals surface area contributed by atoms with Crippen molar-refractivity contribution in [3.63, 3.8) is 0 Å². The van der Waals surface area contributed by atoms with Gasteiger partial charge in [-0.05, 0) is 12.1 Å². The normalized spacial score (nSPS) is 11.7. The van der Waals surface area contributed by atoms with E-state index in [4.69, 9.17) is 0 Å². The van der Waals surface area contributed by atoms with Gasteiger partial charge in [0.1, 0.15) is 0 Å². The Morgan fingerprint density at radius 2 is 1.82 bits per heavy atom. The minimum Gasteiger partial charge on any atom is -0.403 e. The molecule has 0 aliphatic heterocycles. The molecule has 1 aromatic rings. The van der Waals surface area contributed by atoms with Gasteiger partial charge in [0.15, 0.2) is 11.6 Å². The van der Waals surface area contributed by atoms with E-state index in [2.05, 4.69) is 4.74 Å². The van der Waals surface area contributed by atoms with E-state index in [0.717, 1.165) is 6.07 Å². The van der Waals surface area contributed by atoms with Crippen LogP contribution in [-0.2, 0) is 0 Å². The predicted octanol–water partition coefficient (Wildman–Crippen LogP) is 3.17. The van der Waals surface area contributed by atoms with Crippen molar-refractivity contribution >= 4 is 5.78 Å². The fourth-order valence-electron chi connectivity index (χ4n) is 1.02. The minimum absolute atomic E-state index is 0.574. The zero-order chi connectivity index (χ0) is 13.2. The summed E-state index contributed by atoms with van der Waals surface area (Å²) in [6, 6.07) is 2.03. The zero-order valence-electron chi connectivity index (χ0n) is 7.89. The Bertz CT molecular complexity index is 426. The number of hydrogen-bond acceptors (Lipinski definition) is 2. The summed E-state index contributed by atoms with van der Waals surface area (Å²) >= 11 is 0. The Hall–Kier alpha value is -1.73. The Labute approximate surface area is 90.8 Å². The molecule has 0 heterocycles. The third-order valence-corrected chi connectivity index (χ3v) is 1.65. The number of carbonyl (C=O) groups is 1. The van der Waals surface area contributed by atoms with Crippen LogP contribution in [0.1, 0.15) is 10.4 Å². The molecule has 8 heteroatoms. The molecule has 0 spiro atoms. The first-order chi connectivity index (χ1) is 7.72. The van der Waals surface area contributed by atoms with E-state index in [9.17, 15) is 31.1 Å². The number of alkyl halides is 5. The Morgan fingerprint density at radius 3 is 2.29 bits per heavy atom. The van der Waals surface area contributed by atoms with Crippen molar-refractivity contribution in [1.29, 1.82) is 0 Å². The highest BCUT2D eigenvalue weighted by Gasteiger charge is 2.33. The van der Waals surface area contributed by atoms with Gasteiger partial charge in [0.2, 0.25) is 5.78 Å². The van der Waals surface area contributed by atoms with Crippen molar-refractivity contribution in [2.24, 2.45) is 0 Å². The largest absolute Gasteiger partial charge is 0.573 e. The molecule has 0 atom stereocenters. The van der Waals surface area contributed by atoms with Crippen molar-refractivity contribution in [2.75, 3.05) is 0 Å². The molecule has 0 bridgehead atoms. The van der Waals surface area contributed by atoms with Gasteiger partial charge in [-0.1, -0.05) is 6.07 Å². The third kappa shape index (κ3) is 3.36. The number of carbonyl (C=O) groups excluding carboxylic acids is 1. The quantitative estimate of drug-likeness (QED) is 0.614. The molecule has 1 aromatic carbocycles. The Kier molecular flexibility index (Phi) is 3.64. The van der Waals surface area contributed by atoms with E-state index in [-0.39, 0.29) is 0 Å². The minimum atomic E-state index is -5.17. The summed E-state index contributed by atoms with van der Waals surface area (Å²) in [6.45, 7) is 0. The molecule has 0 saturated carbocycles. The van der Waals surface area contributed by atoms with Crippen molar-refractivity contribution in [1.82, 2.24) is 0 Å². The van der Waals surface area contributed by atoms with Gasteiger partial charge in [-0.15, -0.1) is 13.2 Å². The number of Topliss-reactive ketones (excluding diaryl/α,β-unsaturated/α-hetero) is 1. The summed E-state index contributed by atoms with van der Waals surface area (Å²) in [6.07, 6.45) is -8.68. The number of ether oxygens (including phenoxy) is 1. The lowest BCUT2D eigenvalue weighted by molar-refractivity contribution is -0.275. The zero-order valence-corrected chi connectivity index (χ0v) is 7.89. The van der Waals surface area contributed by atoms with Crippen LogP contribution in [0.3, 0.4) is 0 Å². The summed E-state index contributed by atoms with van der Waals surface area (Å²) in [5.41, 5.74) is -1.15. The molecule has 0 unspecified atom stereocenters. The van der Waals surface area contributed by atoms with Crippen LogP contribution in [-0.4, -0.2) is 18.6 Å². The highest BCUT2D eigenvalue weighted by molar-refractivity contribution is 5.99. The Morgan fingerprint density at radius 1 is 1.24 bits per heavy atom. The summed E-state index contributed by atoms with van der Waals surface area (Å²) in [4.78, 5) is 10.8. The smallest absolute Gasteiger partial charge is 0.403 e. The number of ketones is 1. The molecule has 1 rings (SSSR count). The molecule has 0 saturated heterocycles. The number of hydrogen-bond donors (Lipinski definition) is 0. The SMILES string of the molecule is O=C(c1cccc(OC(F)(F)F)c1F)C(F)F. The maximum Gasteiger partial charge on any atom is 0.573 e. The molecule has 2 nitrogen and oxygen atoms in total. The van der Waals surface area contributed by atoms with Gasteiger partial charge in [0, 0.05) is 0 Å². The van der Waals surface area contributed by atoms with Crippen LogP contribution in [0, 0.1) is 5.82 Å². The average molecular weight is 258 g/mol. The molecular weight excluding hydrogens is 254 g/mol. The second kappa shape index (κ2) is 4.64. The fourth-order valence-corrected chi connectivity index (χ4v) is 1.02. The van der Waals surface area contributed by atoms with Gasteiger partial charge in [0.05, 0.1) is 5.56 Å². The van der Waals surface area contributed by atoms with Gasteiger partial charge in [-0.3, -0.25) is 4.79 Å².